The summed E-state index contributed by atoms with van der Waals surface area (Å²) in [7, 11) is 1.58. The van der Waals surface area contributed by atoms with Gasteiger partial charge in [0.1, 0.15) is 18.1 Å². The maximum absolute atomic E-state index is 12.5. The van der Waals surface area contributed by atoms with Crippen LogP contribution in [-0.2, 0) is 4.79 Å². The van der Waals surface area contributed by atoms with Crippen molar-refractivity contribution in [1.82, 2.24) is 10.1 Å². The molecule has 2 rings (SSSR count). The predicted molar refractivity (Wildman–Crippen MR) is 98.4 cm³/mol. The van der Waals surface area contributed by atoms with E-state index in [2.05, 4.69) is 15.8 Å². The van der Waals surface area contributed by atoms with Gasteiger partial charge in [0.25, 0.3) is 0 Å². The maximum Gasteiger partial charge on any atom is 0.322 e. The van der Waals surface area contributed by atoms with E-state index in [1.165, 1.54) is 4.90 Å². The van der Waals surface area contributed by atoms with Gasteiger partial charge in [0.15, 0.2) is 5.82 Å². The molecule has 0 saturated heterocycles. The second kappa shape index (κ2) is 9.45. The molecule has 0 spiro atoms. The number of carbonyl (C=O) groups excluding carboxylic acids is 2. The van der Waals surface area contributed by atoms with Gasteiger partial charge in [0.05, 0.1) is 7.11 Å². The molecular formula is C18H24N4O4. The second-order valence-corrected chi connectivity index (χ2v) is 5.80. The molecule has 140 valence electrons. The first-order valence-corrected chi connectivity index (χ1v) is 8.45. The summed E-state index contributed by atoms with van der Waals surface area (Å²) in [5.74, 6) is 1.30. The molecular weight excluding hydrogens is 336 g/mol. The highest BCUT2D eigenvalue weighted by Crippen LogP contribution is 2.15. The molecule has 3 amide bonds. The Labute approximate surface area is 152 Å². The van der Waals surface area contributed by atoms with Gasteiger partial charge in [0, 0.05) is 18.3 Å². The van der Waals surface area contributed by atoms with Gasteiger partial charge in [0.2, 0.25) is 5.91 Å². The zero-order chi connectivity index (χ0) is 18.9. The minimum Gasteiger partial charge on any atom is -0.497 e. The number of unbranched alkanes of at least 4 members (excludes halogenated alkanes) is 1. The molecule has 8 nitrogen and oxygen atoms in total. The first-order chi connectivity index (χ1) is 12.5. The summed E-state index contributed by atoms with van der Waals surface area (Å²) < 4.78 is 10.0. The molecule has 0 bridgehead atoms. The van der Waals surface area contributed by atoms with Gasteiger partial charge in [-0.3, -0.25) is 4.79 Å². The molecule has 0 unspecified atom stereocenters. The molecule has 0 fully saturated rings. The van der Waals surface area contributed by atoms with E-state index in [0.29, 0.717) is 29.6 Å². The first kappa shape index (κ1) is 19.3. The summed E-state index contributed by atoms with van der Waals surface area (Å²) in [5, 5.41) is 9.13. The highest BCUT2D eigenvalue weighted by molar-refractivity contribution is 5.96. The topological polar surface area (TPSA) is 96.7 Å². The number of hydrogen-bond donors (Lipinski definition) is 2. The largest absolute Gasteiger partial charge is 0.497 e. The fraction of sp³-hybridized carbons (Fsp3) is 0.389. The molecule has 2 aromatic rings. The molecule has 0 aliphatic rings. The number of ether oxygens (including phenoxy) is 1. The molecule has 8 heteroatoms. The molecule has 1 heterocycles. The van der Waals surface area contributed by atoms with Gasteiger partial charge in [-0.05, 0) is 37.6 Å². The normalized spacial score (nSPS) is 10.3. The molecule has 0 aliphatic carbocycles. The van der Waals surface area contributed by atoms with E-state index in [0.717, 1.165) is 12.8 Å². The van der Waals surface area contributed by atoms with E-state index in [9.17, 15) is 9.59 Å². The van der Waals surface area contributed by atoms with Crippen LogP contribution in [0.4, 0.5) is 16.3 Å². The number of rotatable bonds is 8. The summed E-state index contributed by atoms with van der Waals surface area (Å²) >= 11 is 0. The zero-order valence-corrected chi connectivity index (χ0v) is 15.2. The Bertz CT molecular complexity index is 727. The number of methoxy groups -OCH3 is 1. The Kier molecular flexibility index (Phi) is 7.02. The Hall–Kier alpha value is -3.03. The number of hydrogen-bond acceptors (Lipinski definition) is 5. The minimum absolute atomic E-state index is 0.0755. The van der Waals surface area contributed by atoms with Crippen LogP contribution in [0.3, 0.4) is 0 Å². The Morgan fingerprint density at radius 2 is 1.96 bits per heavy atom. The Morgan fingerprint density at radius 3 is 2.54 bits per heavy atom. The summed E-state index contributed by atoms with van der Waals surface area (Å²) in [6, 6.07) is 8.28. The SMILES string of the molecule is CCCCN(CC(=O)Nc1cc(C)on1)C(=O)Nc1ccc(OC)cc1. The number of aromatic nitrogens is 1. The lowest BCUT2D eigenvalue weighted by Crippen LogP contribution is -2.41. The average molecular weight is 360 g/mol. The Morgan fingerprint density at radius 1 is 1.23 bits per heavy atom. The van der Waals surface area contributed by atoms with Gasteiger partial charge in [-0.25, -0.2) is 4.79 Å². The van der Waals surface area contributed by atoms with Gasteiger partial charge < -0.3 is 24.8 Å². The fourth-order valence-electron chi connectivity index (χ4n) is 2.26. The quantitative estimate of drug-likeness (QED) is 0.753. The van der Waals surface area contributed by atoms with Crippen LogP contribution in [0.5, 0.6) is 5.75 Å². The third kappa shape index (κ3) is 5.80. The van der Waals surface area contributed by atoms with Gasteiger partial charge in [-0.1, -0.05) is 18.5 Å². The van der Waals surface area contributed by atoms with Crippen LogP contribution in [0.2, 0.25) is 0 Å². The standard InChI is InChI=1S/C18H24N4O4/c1-4-5-10-22(12-17(23)20-16-11-13(2)26-21-16)18(24)19-14-6-8-15(25-3)9-7-14/h6-9,11H,4-5,10,12H2,1-3H3,(H,19,24)(H,20,21,23). The van der Waals surface area contributed by atoms with E-state index in [-0.39, 0.29) is 18.5 Å². The summed E-state index contributed by atoms with van der Waals surface area (Å²) in [6.45, 7) is 4.16. The number of benzene rings is 1. The number of urea groups is 1. The van der Waals surface area contributed by atoms with Crippen molar-refractivity contribution in [1.29, 1.82) is 0 Å². The lowest BCUT2D eigenvalue weighted by molar-refractivity contribution is -0.116. The van der Waals surface area contributed by atoms with Crippen LogP contribution >= 0.6 is 0 Å². The van der Waals surface area contributed by atoms with Crippen molar-refractivity contribution in [3.8, 4) is 5.75 Å². The smallest absolute Gasteiger partial charge is 0.322 e. The Balaban J connectivity index is 1.97. The summed E-state index contributed by atoms with van der Waals surface area (Å²) in [4.78, 5) is 26.2. The van der Waals surface area contributed by atoms with Crippen molar-refractivity contribution in [2.45, 2.75) is 26.7 Å². The molecule has 0 saturated carbocycles. The lowest BCUT2D eigenvalue weighted by atomic mass is 10.3. The number of aryl methyl sites for hydroxylation is 1. The zero-order valence-electron chi connectivity index (χ0n) is 15.2. The van der Waals surface area contributed by atoms with E-state index in [4.69, 9.17) is 9.26 Å². The van der Waals surface area contributed by atoms with Gasteiger partial charge >= 0.3 is 6.03 Å². The third-order valence-corrected chi connectivity index (χ3v) is 3.64. The van der Waals surface area contributed by atoms with Crippen molar-refractivity contribution >= 4 is 23.4 Å². The molecule has 1 aromatic heterocycles. The predicted octanol–water partition coefficient (Wildman–Crippen LogP) is 3.26. The number of nitrogens with zero attached hydrogens (tertiary/aromatic N) is 2. The summed E-state index contributed by atoms with van der Waals surface area (Å²) in [5.41, 5.74) is 0.629. The first-order valence-electron chi connectivity index (χ1n) is 8.45. The third-order valence-electron chi connectivity index (χ3n) is 3.64. The van der Waals surface area contributed by atoms with E-state index >= 15 is 0 Å². The molecule has 0 aliphatic heterocycles. The van der Waals surface area contributed by atoms with Crippen LogP contribution in [-0.4, -0.2) is 42.2 Å². The molecule has 2 N–H and O–H groups in total. The molecule has 26 heavy (non-hydrogen) atoms. The van der Waals surface area contributed by atoms with E-state index in [1.54, 1.807) is 44.4 Å². The van der Waals surface area contributed by atoms with Crippen molar-refractivity contribution in [3.63, 3.8) is 0 Å². The van der Waals surface area contributed by atoms with Crippen LogP contribution in [0.15, 0.2) is 34.9 Å². The number of anilines is 2. The number of nitrogens with one attached hydrogen (secondary N) is 2. The number of carbonyl (C=O) groups is 2. The van der Waals surface area contributed by atoms with E-state index in [1.807, 2.05) is 6.92 Å². The van der Waals surface area contributed by atoms with Crippen LogP contribution < -0.4 is 15.4 Å². The van der Waals surface area contributed by atoms with Gasteiger partial charge in [-0.2, -0.15) is 0 Å². The van der Waals surface area contributed by atoms with Gasteiger partial charge in [-0.15, -0.1) is 0 Å². The second-order valence-electron chi connectivity index (χ2n) is 5.80. The lowest BCUT2D eigenvalue weighted by Gasteiger charge is -2.22. The highest BCUT2D eigenvalue weighted by Gasteiger charge is 2.18. The molecule has 1 aromatic carbocycles. The molecule has 0 radical (unpaired) electrons. The highest BCUT2D eigenvalue weighted by atomic mass is 16.5. The number of amides is 3. The van der Waals surface area contributed by atoms with Crippen molar-refractivity contribution in [2.75, 3.05) is 30.8 Å². The van der Waals surface area contributed by atoms with Crippen LogP contribution in [0.25, 0.3) is 0 Å². The van der Waals surface area contributed by atoms with Crippen molar-refractivity contribution in [3.05, 3.63) is 36.1 Å². The van der Waals surface area contributed by atoms with Crippen molar-refractivity contribution in [2.24, 2.45) is 0 Å². The maximum atomic E-state index is 12.5. The average Bonchev–Trinajstić information content (AvgIpc) is 3.03. The monoisotopic (exact) mass is 360 g/mol. The van der Waals surface area contributed by atoms with Crippen molar-refractivity contribution < 1.29 is 18.8 Å². The molecule has 0 atom stereocenters. The summed E-state index contributed by atoms with van der Waals surface area (Å²) in [6.07, 6.45) is 1.71. The van der Waals surface area contributed by atoms with E-state index < -0.39 is 0 Å². The van der Waals surface area contributed by atoms with Crippen LogP contribution in [0, 0.1) is 6.92 Å². The fourth-order valence-corrected chi connectivity index (χ4v) is 2.26. The minimum atomic E-state index is -0.338. The van der Waals surface area contributed by atoms with Crippen LogP contribution in [0.1, 0.15) is 25.5 Å².